The number of rotatable bonds is 5. The molecule has 1 N–H and O–H groups in total. The van der Waals surface area contributed by atoms with Crippen molar-refractivity contribution in [2.24, 2.45) is 0 Å². The number of amides is 1. The van der Waals surface area contributed by atoms with Gasteiger partial charge in [-0.15, -0.1) is 0 Å². The summed E-state index contributed by atoms with van der Waals surface area (Å²) in [6, 6.07) is 16.1. The van der Waals surface area contributed by atoms with Crippen LogP contribution in [0.2, 0.25) is 5.02 Å². The van der Waals surface area contributed by atoms with E-state index in [1.54, 1.807) is 0 Å². The molecule has 5 heteroatoms. The number of piperazine rings is 1. The van der Waals surface area contributed by atoms with Crippen LogP contribution in [-0.2, 0) is 4.79 Å². The first-order valence-corrected chi connectivity index (χ1v) is 9.48. The number of nitrogens with one attached hydrogen (secondary N) is 1. The van der Waals surface area contributed by atoms with Crippen molar-refractivity contribution in [3.8, 4) is 0 Å². The van der Waals surface area contributed by atoms with Gasteiger partial charge in [-0.1, -0.05) is 41.9 Å². The fraction of sp³-hybridized carbons (Fsp3) is 0.381. The fourth-order valence-electron chi connectivity index (χ4n) is 3.41. The number of aryl methyl sites for hydroxylation is 1. The summed E-state index contributed by atoms with van der Waals surface area (Å²) >= 11 is 6.03. The third-order valence-corrected chi connectivity index (χ3v) is 5.16. The van der Waals surface area contributed by atoms with Crippen LogP contribution in [0.5, 0.6) is 0 Å². The highest BCUT2D eigenvalue weighted by atomic mass is 35.5. The van der Waals surface area contributed by atoms with Crippen molar-refractivity contribution in [3.05, 3.63) is 64.7 Å². The quantitative estimate of drug-likeness (QED) is 0.871. The van der Waals surface area contributed by atoms with Crippen LogP contribution in [0.4, 0.5) is 5.69 Å². The van der Waals surface area contributed by atoms with Crippen molar-refractivity contribution < 1.29 is 4.79 Å². The topological polar surface area (TPSA) is 35.6 Å². The van der Waals surface area contributed by atoms with E-state index in [1.807, 2.05) is 31.2 Å². The SMILES string of the molecule is Cc1ccccc1N1CCN(CC(=O)N[C@@H](C)c2cccc(Cl)c2)CC1. The number of hydrogen-bond acceptors (Lipinski definition) is 3. The monoisotopic (exact) mass is 371 g/mol. The molecule has 0 saturated carbocycles. The number of hydrogen-bond donors (Lipinski definition) is 1. The van der Waals surface area contributed by atoms with Crippen LogP contribution >= 0.6 is 11.6 Å². The maximum absolute atomic E-state index is 12.4. The molecule has 1 atom stereocenters. The number of benzene rings is 2. The fourth-order valence-corrected chi connectivity index (χ4v) is 3.61. The molecule has 1 heterocycles. The average Bonchev–Trinajstić information content (AvgIpc) is 2.63. The van der Waals surface area contributed by atoms with Gasteiger partial charge in [-0.05, 0) is 43.2 Å². The molecule has 3 rings (SSSR count). The van der Waals surface area contributed by atoms with Crippen LogP contribution in [0.1, 0.15) is 24.1 Å². The Morgan fingerprint density at radius 1 is 1.12 bits per heavy atom. The second kappa shape index (κ2) is 8.56. The Morgan fingerprint density at radius 3 is 2.54 bits per heavy atom. The van der Waals surface area contributed by atoms with E-state index in [-0.39, 0.29) is 11.9 Å². The first kappa shape index (κ1) is 18.7. The summed E-state index contributed by atoms with van der Waals surface area (Å²) in [4.78, 5) is 17.0. The van der Waals surface area contributed by atoms with E-state index in [9.17, 15) is 4.79 Å². The minimum atomic E-state index is -0.0468. The third kappa shape index (κ3) is 4.77. The van der Waals surface area contributed by atoms with E-state index < -0.39 is 0 Å². The molecule has 1 aliphatic heterocycles. The number of para-hydroxylation sites is 1. The highest BCUT2D eigenvalue weighted by molar-refractivity contribution is 6.30. The smallest absolute Gasteiger partial charge is 0.234 e. The molecular formula is C21H26ClN3O. The van der Waals surface area contributed by atoms with Crippen molar-refractivity contribution >= 4 is 23.2 Å². The molecule has 138 valence electrons. The Morgan fingerprint density at radius 2 is 1.85 bits per heavy atom. The summed E-state index contributed by atoms with van der Waals surface area (Å²) in [5, 5.41) is 3.76. The van der Waals surface area contributed by atoms with Crippen molar-refractivity contribution in [2.75, 3.05) is 37.6 Å². The molecule has 0 aliphatic carbocycles. The van der Waals surface area contributed by atoms with Gasteiger partial charge < -0.3 is 10.2 Å². The molecule has 0 unspecified atom stereocenters. The first-order valence-electron chi connectivity index (χ1n) is 9.10. The van der Waals surface area contributed by atoms with Crippen LogP contribution in [0.25, 0.3) is 0 Å². The molecule has 1 fully saturated rings. The minimum absolute atomic E-state index is 0.0468. The van der Waals surface area contributed by atoms with Gasteiger partial charge in [0.15, 0.2) is 0 Å². The lowest BCUT2D eigenvalue weighted by atomic mass is 10.1. The number of carbonyl (C=O) groups is 1. The number of nitrogens with zero attached hydrogens (tertiary/aromatic N) is 2. The maximum atomic E-state index is 12.4. The lowest BCUT2D eigenvalue weighted by molar-refractivity contribution is -0.123. The second-order valence-electron chi connectivity index (χ2n) is 6.89. The molecule has 1 saturated heterocycles. The summed E-state index contributed by atoms with van der Waals surface area (Å²) in [5.74, 6) is 0.0572. The zero-order chi connectivity index (χ0) is 18.5. The molecule has 4 nitrogen and oxygen atoms in total. The van der Waals surface area contributed by atoms with Crippen molar-refractivity contribution in [3.63, 3.8) is 0 Å². The average molecular weight is 372 g/mol. The van der Waals surface area contributed by atoms with E-state index in [0.29, 0.717) is 11.6 Å². The Kier molecular flexibility index (Phi) is 6.17. The van der Waals surface area contributed by atoms with Crippen molar-refractivity contribution in [1.29, 1.82) is 0 Å². The third-order valence-electron chi connectivity index (χ3n) is 4.92. The lowest BCUT2D eigenvalue weighted by Crippen LogP contribution is -2.49. The Balaban J connectivity index is 1.48. The molecule has 2 aromatic carbocycles. The zero-order valence-corrected chi connectivity index (χ0v) is 16.2. The van der Waals surface area contributed by atoms with Gasteiger partial charge in [0.1, 0.15) is 0 Å². The normalized spacial score (nSPS) is 16.3. The van der Waals surface area contributed by atoms with Gasteiger partial charge in [0.2, 0.25) is 5.91 Å². The Bertz CT molecular complexity index is 756. The Labute approximate surface area is 160 Å². The predicted octanol–water partition coefficient (Wildman–Crippen LogP) is 3.65. The van der Waals surface area contributed by atoms with Gasteiger partial charge in [-0.3, -0.25) is 9.69 Å². The summed E-state index contributed by atoms with van der Waals surface area (Å²) in [7, 11) is 0. The van der Waals surface area contributed by atoms with Crippen molar-refractivity contribution in [2.45, 2.75) is 19.9 Å². The van der Waals surface area contributed by atoms with Crippen LogP contribution in [0, 0.1) is 6.92 Å². The summed E-state index contributed by atoms with van der Waals surface area (Å²) < 4.78 is 0. The molecule has 0 aromatic heterocycles. The molecule has 26 heavy (non-hydrogen) atoms. The summed E-state index contributed by atoms with van der Waals surface area (Å²) in [6.45, 7) is 8.25. The molecule has 0 radical (unpaired) electrons. The first-order chi connectivity index (χ1) is 12.5. The van der Waals surface area contributed by atoms with E-state index in [2.05, 4.69) is 46.3 Å². The van der Waals surface area contributed by atoms with Gasteiger partial charge >= 0.3 is 0 Å². The summed E-state index contributed by atoms with van der Waals surface area (Å²) in [6.07, 6.45) is 0. The molecule has 1 aliphatic rings. The van der Waals surface area contributed by atoms with Crippen molar-refractivity contribution in [1.82, 2.24) is 10.2 Å². The van der Waals surface area contributed by atoms with E-state index in [1.165, 1.54) is 11.3 Å². The number of halogens is 1. The molecule has 2 aromatic rings. The second-order valence-corrected chi connectivity index (χ2v) is 7.33. The molecule has 1 amide bonds. The number of anilines is 1. The molecular weight excluding hydrogens is 346 g/mol. The standard InChI is InChI=1S/C21H26ClN3O/c1-16-6-3-4-9-20(16)25-12-10-24(11-13-25)15-21(26)23-17(2)18-7-5-8-19(22)14-18/h3-9,14,17H,10-13,15H2,1-2H3,(H,23,26)/t17-/m0/s1. The van der Waals surface area contributed by atoms with Gasteiger partial charge in [-0.25, -0.2) is 0 Å². The van der Waals surface area contributed by atoms with Gasteiger partial charge in [0.05, 0.1) is 12.6 Å². The van der Waals surface area contributed by atoms with E-state index in [0.717, 1.165) is 31.7 Å². The maximum Gasteiger partial charge on any atom is 0.234 e. The van der Waals surface area contributed by atoms with Crippen LogP contribution in [0.3, 0.4) is 0 Å². The number of carbonyl (C=O) groups excluding carboxylic acids is 1. The van der Waals surface area contributed by atoms with Crippen LogP contribution < -0.4 is 10.2 Å². The van der Waals surface area contributed by atoms with E-state index in [4.69, 9.17) is 11.6 Å². The Hall–Kier alpha value is -2.04. The zero-order valence-electron chi connectivity index (χ0n) is 15.4. The molecule has 0 spiro atoms. The van der Waals surface area contributed by atoms with Gasteiger partial charge in [-0.2, -0.15) is 0 Å². The minimum Gasteiger partial charge on any atom is -0.369 e. The molecule has 0 bridgehead atoms. The highest BCUT2D eigenvalue weighted by Crippen LogP contribution is 2.21. The van der Waals surface area contributed by atoms with E-state index >= 15 is 0 Å². The largest absolute Gasteiger partial charge is 0.369 e. The highest BCUT2D eigenvalue weighted by Gasteiger charge is 2.20. The van der Waals surface area contributed by atoms with Crippen LogP contribution in [0.15, 0.2) is 48.5 Å². The van der Waals surface area contributed by atoms with Gasteiger partial charge in [0.25, 0.3) is 0 Å². The summed E-state index contributed by atoms with van der Waals surface area (Å²) in [5.41, 5.74) is 3.62. The predicted molar refractivity (Wildman–Crippen MR) is 108 cm³/mol. The van der Waals surface area contributed by atoms with Gasteiger partial charge in [0, 0.05) is 36.9 Å². The lowest BCUT2D eigenvalue weighted by Gasteiger charge is -2.36. The van der Waals surface area contributed by atoms with Crippen LogP contribution in [-0.4, -0.2) is 43.5 Å².